The Morgan fingerprint density at radius 1 is 0.865 bits per heavy atom. The predicted octanol–water partition coefficient (Wildman–Crippen LogP) is 8.62. The molecule has 2 bridgehead atoms. The van der Waals surface area contributed by atoms with E-state index >= 15 is 0 Å². The third-order valence-corrected chi connectivity index (χ3v) is 10.2. The summed E-state index contributed by atoms with van der Waals surface area (Å²) in [6.07, 6.45) is 9.30. The highest BCUT2D eigenvalue weighted by atomic mass is 16.7. The highest BCUT2D eigenvalue weighted by molar-refractivity contribution is 5.55. The molecule has 8 atom stereocenters. The Hall–Kier alpha value is -2.00. The molecule has 3 fully saturated rings. The van der Waals surface area contributed by atoms with Crippen molar-refractivity contribution >= 4 is 5.69 Å². The molecule has 2 aromatic carbocycles. The number of benzene rings is 2. The second-order valence-electron chi connectivity index (χ2n) is 13.3. The Morgan fingerprint density at radius 3 is 2.43 bits per heavy atom. The summed E-state index contributed by atoms with van der Waals surface area (Å²) in [5.41, 5.74) is 4.01. The molecule has 0 spiro atoms. The van der Waals surface area contributed by atoms with E-state index in [0.717, 1.165) is 42.4 Å². The summed E-state index contributed by atoms with van der Waals surface area (Å²) < 4.78 is 13.9. The summed E-state index contributed by atoms with van der Waals surface area (Å²) in [6.45, 7) is 10.3. The molecule has 3 aliphatic carbocycles. The van der Waals surface area contributed by atoms with E-state index in [1.165, 1.54) is 55.3 Å². The van der Waals surface area contributed by atoms with Gasteiger partial charge in [0.15, 0.2) is 0 Å². The van der Waals surface area contributed by atoms with Crippen molar-refractivity contribution in [2.24, 2.45) is 35.5 Å². The molecule has 0 aromatic heterocycles. The van der Waals surface area contributed by atoms with E-state index < -0.39 is 0 Å². The third kappa shape index (κ3) is 5.05. The minimum atomic E-state index is -0.241. The van der Waals surface area contributed by atoms with Crippen LogP contribution in [0.15, 0.2) is 48.5 Å². The molecule has 2 aromatic rings. The summed E-state index contributed by atoms with van der Waals surface area (Å²) in [6, 6.07) is 17.8. The molecule has 3 heteroatoms. The van der Waals surface area contributed by atoms with E-state index in [9.17, 15) is 0 Å². The Balaban J connectivity index is 1.24. The molecular weight excluding hydrogens is 454 g/mol. The largest absolute Gasteiger partial charge is 0.464 e. The predicted molar refractivity (Wildman–Crippen MR) is 152 cm³/mol. The molecular formula is C34H47NO2. The van der Waals surface area contributed by atoms with Gasteiger partial charge in [0.05, 0.1) is 12.0 Å². The van der Waals surface area contributed by atoms with Crippen LogP contribution in [0.3, 0.4) is 0 Å². The summed E-state index contributed by atoms with van der Waals surface area (Å²) >= 11 is 0. The monoisotopic (exact) mass is 501 g/mol. The lowest BCUT2D eigenvalue weighted by Crippen LogP contribution is -2.39. The average Bonchev–Trinajstić information content (AvgIpc) is 3.61. The van der Waals surface area contributed by atoms with Gasteiger partial charge >= 0.3 is 0 Å². The number of para-hydroxylation sites is 1. The van der Waals surface area contributed by atoms with Crippen LogP contribution in [0, 0.1) is 35.5 Å². The van der Waals surface area contributed by atoms with Gasteiger partial charge in [0.2, 0.25) is 6.29 Å². The Bertz CT molecular complexity index is 1050. The fourth-order valence-corrected chi connectivity index (χ4v) is 8.55. The number of nitrogens with one attached hydrogen (secondary N) is 1. The van der Waals surface area contributed by atoms with Crippen LogP contribution in [0.5, 0.6) is 5.75 Å². The second-order valence-corrected chi connectivity index (χ2v) is 13.3. The average molecular weight is 502 g/mol. The summed E-state index contributed by atoms with van der Waals surface area (Å²) in [7, 11) is 0. The highest BCUT2D eigenvalue weighted by Gasteiger charge is 2.55. The number of hydrogen-bond acceptors (Lipinski definition) is 3. The molecule has 0 amide bonds. The minimum absolute atomic E-state index is 0.241. The smallest absolute Gasteiger partial charge is 0.207 e. The first kappa shape index (κ1) is 25.3. The van der Waals surface area contributed by atoms with E-state index in [4.69, 9.17) is 9.47 Å². The van der Waals surface area contributed by atoms with Crippen LogP contribution in [-0.2, 0) is 4.74 Å². The lowest BCUT2D eigenvalue weighted by Gasteiger charge is -2.38. The van der Waals surface area contributed by atoms with Crippen LogP contribution in [0.25, 0.3) is 0 Å². The summed E-state index contributed by atoms with van der Waals surface area (Å²) in [5.74, 6) is 6.62. The van der Waals surface area contributed by atoms with Gasteiger partial charge in [0.25, 0.3) is 0 Å². The maximum absolute atomic E-state index is 7.07. The van der Waals surface area contributed by atoms with Crippen molar-refractivity contribution in [1.82, 2.24) is 0 Å². The third-order valence-electron chi connectivity index (χ3n) is 10.2. The Kier molecular flexibility index (Phi) is 7.27. The van der Waals surface area contributed by atoms with Gasteiger partial charge in [-0.05, 0) is 109 Å². The molecule has 6 rings (SSSR count). The van der Waals surface area contributed by atoms with Crippen molar-refractivity contribution in [2.45, 2.75) is 96.9 Å². The SMILES string of the molecule is CC(C)CC(c1ccc(OC(OC2CC3CC2C2CCCC32)C2CCNc3ccccc32)cc1)C(C)C. The van der Waals surface area contributed by atoms with Crippen LogP contribution >= 0.6 is 0 Å². The van der Waals surface area contributed by atoms with Gasteiger partial charge in [-0.25, -0.2) is 0 Å². The van der Waals surface area contributed by atoms with Crippen molar-refractivity contribution in [1.29, 1.82) is 0 Å². The maximum atomic E-state index is 7.07. The van der Waals surface area contributed by atoms with Crippen molar-refractivity contribution < 1.29 is 9.47 Å². The van der Waals surface area contributed by atoms with Gasteiger partial charge in [-0.15, -0.1) is 0 Å². The summed E-state index contributed by atoms with van der Waals surface area (Å²) in [5, 5.41) is 3.60. The molecule has 1 N–H and O–H groups in total. The molecule has 0 radical (unpaired) electrons. The van der Waals surface area contributed by atoms with Crippen LogP contribution in [0.4, 0.5) is 5.69 Å². The van der Waals surface area contributed by atoms with Crippen LogP contribution in [-0.4, -0.2) is 18.9 Å². The zero-order valence-corrected chi connectivity index (χ0v) is 23.4. The van der Waals surface area contributed by atoms with Crippen molar-refractivity contribution in [3.8, 4) is 5.75 Å². The van der Waals surface area contributed by atoms with Crippen LogP contribution < -0.4 is 10.1 Å². The van der Waals surface area contributed by atoms with Gasteiger partial charge in [-0.1, -0.05) is 64.4 Å². The fourth-order valence-electron chi connectivity index (χ4n) is 8.55. The van der Waals surface area contributed by atoms with E-state index in [2.05, 4.69) is 81.5 Å². The molecule has 1 heterocycles. The molecule has 200 valence electrons. The first-order valence-electron chi connectivity index (χ1n) is 15.2. The Morgan fingerprint density at radius 2 is 1.65 bits per heavy atom. The van der Waals surface area contributed by atoms with E-state index in [0.29, 0.717) is 23.9 Å². The molecule has 8 unspecified atom stereocenters. The van der Waals surface area contributed by atoms with Gasteiger partial charge in [0.1, 0.15) is 5.75 Å². The standard InChI is InChI=1S/C34H47NO2/c1-21(2)18-30(22(3)4)23-12-14-25(15-13-23)36-34(29-16-17-35-32-11-6-5-8-28(29)32)37-33-20-24-19-31(33)27-10-7-9-26(24)27/h5-6,8,11-15,21-22,24,26-27,29-31,33-35H,7,9-10,16-20H2,1-4H3. The van der Waals surface area contributed by atoms with Crippen molar-refractivity contribution in [2.75, 3.05) is 11.9 Å². The minimum Gasteiger partial charge on any atom is -0.464 e. The van der Waals surface area contributed by atoms with Gasteiger partial charge < -0.3 is 14.8 Å². The molecule has 3 nitrogen and oxygen atoms in total. The first-order chi connectivity index (χ1) is 18.0. The molecule has 3 saturated carbocycles. The van der Waals surface area contributed by atoms with E-state index in [-0.39, 0.29) is 12.2 Å². The second kappa shape index (κ2) is 10.6. The summed E-state index contributed by atoms with van der Waals surface area (Å²) in [4.78, 5) is 0. The molecule has 0 saturated heterocycles. The number of anilines is 1. The number of fused-ring (bicyclic) bond motifs is 6. The highest BCUT2D eigenvalue weighted by Crippen LogP contribution is 2.60. The van der Waals surface area contributed by atoms with Crippen LogP contribution in [0.2, 0.25) is 0 Å². The molecule has 1 aliphatic heterocycles. The normalized spacial score (nSPS) is 31.7. The van der Waals surface area contributed by atoms with E-state index in [1.54, 1.807) is 0 Å². The van der Waals surface area contributed by atoms with Gasteiger partial charge in [-0.2, -0.15) is 0 Å². The fraction of sp³-hybridized carbons (Fsp3) is 0.647. The van der Waals surface area contributed by atoms with Crippen molar-refractivity contribution in [3.05, 3.63) is 59.7 Å². The zero-order chi connectivity index (χ0) is 25.5. The quantitative estimate of drug-likeness (QED) is 0.349. The zero-order valence-electron chi connectivity index (χ0n) is 23.4. The van der Waals surface area contributed by atoms with Gasteiger partial charge in [0, 0.05) is 12.2 Å². The lowest BCUT2D eigenvalue weighted by molar-refractivity contribution is -0.155. The molecule has 4 aliphatic rings. The molecule has 37 heavy (non-hydrogen) atoms. The lowest BCUT2D eigenvalue weighted by atomic mass is 9.80. The Labute approximate surface area is 224 Å². The van der Waals surface area contributed by atoms with Crippen molar-refractivity contribution in [3.63, 3.8) is 0 Å². The maximum Gasteiger partial charge on any atom is 0.207 e. The number of ether oxygens (including phenoxy) is 2. The number of rotatable bonds is 9. The van der Waals surface area contributed by atoms with Gasteiger partial charge in [-0.3, -0.25) is 0 Å². The number of hydrogen-bond donors (Lipinski definition) is 1. The first-order valence-corrected chi connectivity index (χ1v) is 15.2. The van der Waals surface area contributed by atoms with Crippen LogP contribution in [0.1, 0.15) is 95.6 Å². The topological polar surface area (TPSA) is 30.5 Å². The van der Waals surface area contributed by atoms with E-state index in [1.807, 2.05) is 0 Å².